The Kier molecular flexibility index (Phi) is 3.29. The van der Waals surface area contributed by atoms with Gasteiger partial charge in [-0.3, -0.25) is 4.79 Å². The maximum Gasteiger partial charge on any atom is 0.167 e. The van der Waals surface area contributed by atoms with E-state index in [1.807, 2.05) is 0 Å². The number of ketones is 1. The first-order valence-electron chi connectivity index (χ1n) is 5.38. The van der Waals surface area contributed by atoms with Crippen LogP contribution in [-0.4, -0.2) is 18.4 Å². The quantitative estimate of drug-likeness (QED) is 0.779. The van der Waals surface area contributed by atoms with Crippen molar-refractivity contribution in [3.8, 4) is 0 Å². The van der Waals surface area contributed by atoms with E-state index in [1.165, 1.54) is 0 Å². The lowest BCUT2D eigenvalue weighted by Gasteiger charge is -2.03. The fraction of sp³-hybridized carbons (Fsp3) is 0.417. The molecule has 0 radical (unpaired) electrons. The highest BCUT2D eigenvalue weighted by Crippen LogP contribution is 2.18. The van der Waals surface area contributed by atoms with E-state index < -0.39 is 11.6 Å². The standard InChI is InChI=1S/C12H13F2NO/c13-8-1-4-11(14)10(7-8)12(16)5-6-15-9-2-3-9/h1,4,7,9,15H,2-3,5-6H2. The third-order valence-electron chi connectivity index (χ3n) is 2.59. The minimum Gasteiger partial charge on any atom is -0.314 e. The normalized spacial score (nSPS) is 15.1. The van der Waals surface area contributed by atoms with E-state index in [-0.39, 0.29) is 17.8 Å². The highest BCUT2D eigenvalue weighted by Gasteiger charge is 2.20. The first-order valence-corrected chi connectivity index (χ1v) is 5.38. The summed E-state index contributed by atoms with van der Waals surface area (Å²) in [5, 5.41) is 3.15. The molecule has 1 aliphatic carbocycles. The second kappa shape index (κ2) is 4.70. The Labute approximate surface area is 92.7 Å². The summed E-state index contributed by atoms with van der Waals surface area (Å²) in [6.07, 6.45) is 2.49. The van der Waals surface area contributed by atoms with E-state index in [9.17, 15) is 13.6 Å². The summed E-state index contributed by atoms with van der Waals surface area (Å²) in [5.74, 6) is -1.59. The van der Waals surface area contributed by atoms with Crippen LogP contribution in [0.15, 0.2) is 18.2 Å². The lowest BCUT2D eigenvalue weighted by atomic mass is 10.1. The fourth-order valence-corrected chi connectivity index (χ4v) is 1.52. The second-order valence-corrected chi connectivity index (χ2v) is 4.03. The molecule has 0 bridgehead atoms. The molecule has 86 valence electrons. The Morgan fingerprint density at radius 2 is 2.12 bits per heavy atom. The topological polar surface area (TPSA) is 29.1 Å². The van der Waals surface area contributed by atoms with E-state index in [1.54, 1.807) is 0 Å². The summed E-state index contributed by atoms with van der Waals surface area (Å²) in [4.78, 5) is 11.6. The van der Waals surface area contributed by atoms with Crippen LogP contribution >= 0.6 is 0 Å². The number of Topliss-reactive ketones (excluding diaryl/α,β-unsaturated/α-hetero) is 1. The van der Waals surface area contributed by atoms with Crippen molar-refractivity contribution < 1.29 is 13.6 Å². The molecule has 0 atom stereocenters. The van der Waals surface area contributed by atoms with Crippen LogP contribution < -0.4 is 5.32 Å². The molecule has 2 nitrogen and oxygen atoms in total. The maximum absolute atomic E-state index is 13.2. The van der Waals surface area contributed by atoms with Gasteiger partial charge in [-0.1, -0.05) is 0 Å². The largest absolute Gasteiger partial charge is 0.314 e. The fourth-order valence-electron chi connectivity index (χ4n) is 1.52. The number of carbonyl (C=O) groups is 1. The van der Waals surface area contributed by atoms with Gasteiger partial charge in [0.25, 0.3) is 0 Å². The van der Waals surface area contributed by atoms with Crippen molar-refractivity contribution in [1.29, 1.82) is 0 Å². The first kappa shape index (κ1) is 11.2. The van der Waals surface area contributed by atoms with E-state index in [4.69, 9.17) is 0 Å². The Hall–Kier alpha value is -1.29. The minimum atomic E-state index is -0.655. The van der Waals surface area contributed by atoms with Gasteiger partial charge in [-0.25, -0.2) is 8.78 Å². The maximum atomic E-state index is 13.2. The summed E-state index contributed by atoms with van der Waals surface area (Å²) < 4.78 is 26.0. The summed E-state index contributed by atoms with van der Waals surface area (Å²) in [6, 6.07) is 3.46. The van der Waals surface area contributed by atoms with Gasteiger partial charge < -0.3 is 5.32 Å². The van der Waals surface area contributed by atoms with Crippen molar-refractivity contribution in [2.45, 2.75) is 25.3 Å². The van der Waals surface area contributed by atoms with Gasteiger partial charge in [-0.2, -0.15) is 0 Å². The molecule has 1 fully saturated rings. The molecule has 0 aliphatic heterocycles. The molecule has 16 heavy (non-hydrogen) atoms. The molecule has 1 N–H and O–H groups in total. The molecule has 1 aromatic carbocycles. The molecular formula is C12H13F2NO. The number of carbonyl (C=O) groups excluding carboxylic acids is 1. The molecule has 0 aromatic heterocycles. The SMILES string of the molecule is O=C(CCNC1CC1)c1cc(F)ccc1F. The lowest BCUT2D eigenvalue weighted by Crippen LogP contribution is -2.20. The molecule has 0 heterocycles. The number of halogens is 2. The van der Waals surface area contributed by atoms with Crippen molar-refractivity contribution in [3.05, 3.63) is 35.4 Å². The highest BCUT2D eigenvalue weighted by atomic mass is 19.1. The van der Waals surface area contributed by atoms with Crippen molar-refractivity contribution in [3.63, 3.8) is 0 Å². The molecule has 0 unspecified atom stereocenters. The predicted molar refractivity (Wildman–Crippen MR) is 56.3 cm³/mol. The monoisotopic (exact) mass is 225 g/mol. The van der Waals surface area contributed by atoms with Gasteiger partial charge in [0, 0.05) is 19.0 Å². The molecule has 0 spiro atoms. The van der Waals surface area contributed by atoms with Gasteiger partial charge in [-0.15, -0.1) is 0 Å². The van der Waals surface area contributed by atoms with Gasteiger partial charge in [0.1, 0.15) is 11.6 Å². The third-order valence-corrected chi connectivity index (χ3v) is 2.59. The van der Waals surface area contributed by atoms with Crippen molar-refractivity contribution in [2.24, 2.45) is 0 Å². The van der Waals surface area contributed by atoms with Gasteiger partial charge in [0.15, 0.2) is 5.78 Å². The van der Waals surface area contributed by atoms with Crippen LogP contribution in [0.2, 0.25) is 0 Å². The first-order chi connectivity index (χ1) is 7.66. The highest BCUT2D eigenvalue weighted by molar-refractivity contribution is 5.96. The molecule has 4 heteroatoms. The number of nitrogens with one attached hydrogen (secondary N) is 1. The number of rotatable bonds is 5. The van der Waals surface area contributed by atoms with Crippen LogP contribution in [0.5, 0.6) is 0 Å². The Balaban J connectivity index is 1.93. The van der Waals surface area contributed by atoms with E-state index in [0.717, 1.165) is 31.0 Å². The van der Waals surface area contributed by atoms with Crippen molar-refractivity contribution in [2.75, 3.05) is 6.54 Å². The van der Waals surface area contributed by atoms with Crippen LogP contribution in [0.4, 0.5) is 8.78 Å². The van der Waals surface area contributed by atoms with Gasteiger partial charge in [0.05, 0.1) is 5.56 Å². The zero-order valence-corrected chi connectivity index (χ0v) is 8.80. The summed E-state index contributed by atoms with van der Waals surface area (Å²) in [5.41, 5.74) is -0.155. The number of benzene rings is 1. The van der Waals surface area contributed by atoms with Gasteiger partial charge in [0.2, 0.25) is 0 Å². The molecule has 2 rings (SSSR count). The van der Waals surface area contributed by atoms with Crippen LogP contribution in [0.3, 0.4) is 0 Å². The lowest BCUT2D eigenvalue weighted by molar-refractivity contribution is 0.0978. The average Bonchev–Trinajstić information content (AvgIpc) is 3.05. The third kappa shape index (κ3) is 2.85. The molecule has 1 aromatic rings. The van der Waals surface area contributed by atoms with E-state index in [0.29, 0.717) is 12.6 Å². The zero-order chi connectivity index (χ0) is 11.5. The Morgan fingerprint density at radius 1 is 1.38 bits per heavy atom. The van der Waals surface area contributed by atoms with Crippen LogP contribution in [-0.2, 0) is 0 Å². The van der Waals surface area contributed by atoms with E-state index >= 15 is 0 Å². The van der Waals surface area contributed by atoms with Crippen LogP contribution in [0, 0.1) is 11.6 Å². The molecule has 0 saturated heterocycles. The average molecular weight is 225 g/mol. The molecule has 1 saturated carbocycles. The Bertz CT molecular complexity index is 402. The molecule has 0 amide bonds. The van der Waals surface area contributed by atoms with Crippen molar-refractivity contribution >= 4 is 5.78 Å². The second-order valence-electron chi connectivity index (χ2n) is 4.03. The van der Waals surface area contributed by atoms with Gasteiger partial charge in [-0.05, 0) is 31.0 Å². The van der Waals surface area contributed by atoms with Crippen molar-refractivity contribution in [1.82, 2.24) is 5.32 Å². The molecule has 1 aliphatic rings. The Morgan fingerprint density at radius 3 is 2.81 bits per heavy atom. The predicted octanol–water partition coefficient (Wildman–Crippen LogP) is 2.29. The zero-order valence-electron chi connectivity index (χ0n) is 8.80. The van der Waals surface area contributed by atoms with Crippen LogP contribution in [0.25, 0.3) is 0 Å². The number of hydrogen-bond donors (Lipinski definition) is 1. The summed E-state index contributed by atoms with van der Waals surface area (Å²) in [6.45, 7) is 0.527. The number of hydrogen-bond acceptors (Lipinski definition) is 2. The van der Waals surface area contributed by atoms with Crippen LogP contribution in [0.1, 0.15) is 29.6 Å². The molecular weight excluding hydrogens is 212 g/mol. The minimum absolute atomic E-state index is 0.155. The summed E-state index contributed by atoms with van der Waals surface area (Å²) >= 11 is 0. The van der Waals surface area contributed by atoms with E-state index in [2.05, 4.69) is 5.32 Å². The summed E-state index contributed by atoms with van der Waals surface area (Å²) in [7, 11) is 0. The smallest absolute Gasteiger partial charge is 0.167 e. The van der Waals surface area contributed by atoms with Gasteiger partial charge >= 0.3 is 0 Å².